The average molecular weight is 250 g/mol. The molecule has 2 N–H and O–H groups in total. The van der Waals surface area contributed by atoms with Crippen LogP contribution in [-0.4, -0.2) is 49.3 Å². The van der Waals surface area contributed by atoms with Gasteiger partial charge in [-0.2, -0.15) is 4.31 Å². The Morgan fingerprint density at radius 3 is 2.38 bits per heavy atom. The van der Waals surface area contributed by atoms with E-state index in [2.05, 4.69) is 0 Å². The first-order chi connectivity index (χ1) is 7.18. The predicted molar refractivity (Wildman–Crippen MR) is 63.6 cm³/mol. The van der Waals surface area contributed by atoms with Crippen molar-refractivity contribution in [3.63, 3.8) is 0 Å². The fourth-order valence-electron chi connectivity index (χ4n) is 1.72. The van der Waals surface area contributed by atoms with E-state index >= 15 is 0 Å². The highest BCUT2D eigenvalue weighted by Gasteiger charge is 2.39. The first-order valence-electron chi connectivity index (χ1n) is 5.53. The minimum Gasteiger partial charge on any atom is -0.371 e. The Kier molecular flexibility index (Phi) is 3.99. The topological polar surface area (TPSA) is 72.6 Å². The average Bonchev–Trinajstić information content (AvgIpc) is 2.15. The lowest BCUT2D eigenvalue weighted by molar-refractivity contribution is -0.0490. The standard InChI is InChI=1S/C10H22N2O3S/c1-8-6-12(7-9(5-11)15-8)16(13,14)10(2,3)4/h8-9H,5-7,11H2,1-4H3. The van der Waals surface area contributed by atoms with Crippen LogP contribution in [0, 0.1) is 0 Å². The zero-order chi connectivity index (χ0) is 12.6. The molecule has 0 amide bonds. The molecule has 0 aromatic carbocycles. The molecule has 0 spiro atoms. The van der Waals surface area contributed by atoms with Gasteiger partial charge in [0, 0.05) is 19.6 Å². The summed E-state index contributed by atoms with van der Waals surface area (Å²) in [4.78, 5) is 0. The molecule has 6 heteroatoms. The summed E-state index contributed by atoms with van der Waals surface area (Å²) < 4.78 is 30.8. The van der Waals surface area contributed by atoms with Crippen LogP contribution in [-0.2, 0) is 14.8 Å². The van der Waals surface area contributed by atoms with Crippen molar-refractivity contribution in [1.29, 1.82) is 0 Å². The van der Waals surface area contributed by atoms with Crippen molar-refractivity contribution in [3.8, 4) is 0 Å². The molecule has 2 atom stereocenters. The number of sulfonamides is 1. The van der Waals surface area contributed by atoms with E-state index in [-0.39, 0.29) is 12.2 Å². The second-order valence-corrected chi connectivity index (χ2v) is 7.93. The zero-order valence-corrected chi connectivity index (χ0v) is 11.3. The van der Waals surface area contributed by atoms with Crippen molar-refractivity contribution in [3.05, 3.63) is 0 Å². The van der Waals surface area contributed by atoms with Crippen molar-refractivity contribution in [2.45, 2.75) is 44.6 Å². The van der Waals surface area contributed by atoms with Gasteiger partial charge in [-0.15, -0.1) is 0 Å². The summed E-state index contributed by atoms with van der Waals surface area (Å²) in [6.45, 7) is 8.11. The van der Waals surface area contributed by atoms with Crippen LogP contribution in [0.1, 0.15) is 27.7 Å². The minimum absolute atomic E-state index is 0.0978. The Balaban J connectivity index is 2.88. The van der Waals surface area contributed by atoms with Gasteiger partial charge >= 0.3 is 0 Å². The van der Waals surface area contributed by atoms with E-state index < -0.39 is 14.8 Å². The molecule has 2 unspecified atom stereocenters. The van der Waals surface area contributed by atoms with E-state index in [9.17, 15) is 8.42 Å². The molecular weight excluding hydrogens is 228 g/mol. The Morgan fingerprint density at radius 1 is 1.38 bits per heavy atom. The first-order valence-corrected chi connectivity index (χ1v) is 6.97. The van der Waals surface area contributed by atoms with Crippen LogP contribution in [0.5, 0.6) is 0 Å². The molecule has 96 valence electrons. The zero-order valence-electron chi connectivity index (χ0n) is 10.4. The van der Waals surface area contributed by atoms with Gasteiger partial charge in [0.15, 0.2) is 0 Å². The lowest BCUT2D eigenvalue weighted by Gasteiger charge is -2.38. The van der Waals surface area contributed by atoms with Crippen molar-refractivity contribution in [2.75, 3.05) is 19.6 Å². The molecule has 1 fully saturated rings. The summed E-state index contributed by atoms with van der Waals surface area (Å²) in [5.41, 5.74) is 5.53. The van der Waals surface area contributed by atoms with Crippen molar-refractivity contribution >= 4 is 10.0 Å². The van der Waals surface area contributed by atoms with Crippen molar-refractivity contribution in [1.82, 2.24) is 4.31 Å². The number of nitrogens with zero attached hydrogens (tertiary/aromatic N) is 1. The van der Waals surface area contributed by atoms with Gasteiger partial charge in [-0.1, -0.05) is 0 Å². The van der Waals surface area contributed by atoms with Gasteiger partial charge in [0.2, 0.25) is 10.0 Å². The lowest BCUT2D eigenvalue weighted by atomic mass is 10.2. The summed E-state index contributed by atoms with van der Waals surface area (Å²) in [7, 11) is -3.28. The Hall–Kier alpha value is -0.170. The number of hydrogen-bond acceptors (Lipinski definition) is 4. The van der Waals surface area contributed by atoms with E-state index in [1.807, 2.05) is 6.92 Å². The third-order valence-corrected chi connectivity index (χ3v) is 5.20. The smallest absolute Gasteiger partial charge is 0.219 e. The van der Waals surface area contributed by atoms with Gasteiger partial charge in [-0.3, -0.25) is 0 Å². The van der Waals surface area contributed by atoms with Crippen LogP contribution in [0.2, 0.25) is 0 Å². The minimum atomic E-state index is -3.28. The molecule has 0 aromatic heterocycles. The number of morpholine rings is 1. The Labute approximate surface area is 98.0 Å². The molecule has 0 saturated carbocycles. The van der Waals surface area contributed by atoms with Crippen LogP contribution in [0.4, 0.5) is 0 Å². The maximum Gasteiger partial charge on any atom is 0.219 e. The lowest BCUT2D eigenvalue weighted by Crippen LogP contribution is -2.54. The summed E-state index contributed by atoms with van der Waals surface area (Å²) in [5, 5.41) is 0. The molecule has 0 aromatic rings. The highest BCUT2D eigenvalue weighted by molar-refractivity contribution is 7.90. The maximum absolute atomic E-state index is 12.2. The molecule has 0 radical (unpaired) electrons. The van der Waals surface area contributed by atoms with Crippen LogP contribution < -0.4 is 5.73 Å². The molecule has 1 rings (SSSR count). The Bertz CT molecular complexity index is 334. The fourth-order valence-corrected chi connectivity index (χ4v) is 3.26. The van der Waals surface area contributed by atoms with Gasteiger partial charge in [-0.25, -0.2) is 8.42 Å². The fraction of sp³-hybridized carbons (Fsp3) is 1.00. The molecule has 5 nitrogen and oxygen atoms in total. The van der Waals surface area contributed by atoms with Crippen molar-refractivity contribution < 1.29 is 13.2 Å². The maximum atomic E-state index is 12.2. The quantitative estimate of drug-likeness (QED) is 0.758. The Morgan fingerprint density at radius 2 is 1.94 bits per heavy atom. The van der Waals surface area contributed by atoms with Crippen LogP contribution in [0.15, 0.2) is 0 Å². The summed E-state index contributed by atoms with van der Waals surface area (Å²) >= 11 is 0. The number of hydrogen-bond donors (Lipinski definition) is 1. The number of nitrogens with two attached hydrogens (primary N) is 1. The molecule has 1 heterocycles. The molecule has 16 heavy (non-hydrogen) atoms. The predicted octanol–water partition coefficient (Wildman–Crippen LogP) is 0.163. The van der Waals surface area contributed by atoms with E-state index in [1.54, 1.807) is 20.8 Å². The first kappa shape index (κ1) is 13.9. The summed E-state index contributed by atoms with van der Waals surface area (Å²) in [6, 6.07) is 0. The molecule has 1 saturated heterocycles. The van der Waals surface area contributed by atoms with E-state index in [1.165, 1.54) is 4.31 Å². The van der Waals surface area contributed by atoms with Gasteiger partial charge < -0.3 is 10.5 Å². The van der Waals surface area contributed by atoms with Crippen LogP contribution >= 0.6 is 0 Å². The molecule has 1 aliphatic rings. The summed E-state index contributed by atoms with van der Waals surface area (Å²) in [5.74, 6) is 0. The summed E-state index contributed by atoms with van der Waals surface area (Å²) in [6.07, 6.45) is -0.291. The van der Waals surface area contributed by atoms with E-state index in [0.717, 1.165) is 0 Å². The number of rotatable bonds is 2. The highest BCUT2D eigenvalue weighted by Crippen LogP contribution is 2.23. The molecular formula is C10H22N2O3S. The van der Waals surface area contributed by atoms with Crippen molar-refractivity contribution in [2.24, 2.45) is 5.73 Å². The van der Waals surface area contributed by atoms with E-state index in [0.29, 0.717) is 19.6 Å². The number of ether oxygens (including phenoxy) is 1. The van der Waals surface area contributed by atoms with Crippen LogP contribution in [0.25, 0.3) is 0 Å². The second-order valence-electron chi connectivity index (χ2n) is 5.24. The molecule has 0 bridgehead atoms. The normalized spacial score (nSPS) is 29.3. The van der Waals surface area contributed by atoms with Gasteiger partial charge in [0.05, 0.1) is 17.0 Å². The second kappa shape index (κ2) is 4.60. The SMILES string of the molecule is CC1CN(S(=O)(=O)C(C)(C)C)CC(CN)O1. The van der Waals surface area contributed by atoms with Gasteiger partial charge in [0.1, 0.15) is 0 Å². The third-order valence-electron chi connectivity index (χ3n) is 2.67. The van der Waals surface area contributed by atoms with Gasteiger partial charge in [0.25, 0.3) is 0 Å². The monoisotopic (exact) mass is 250 g/mol. The van der Waals surface area contributed by atoms with Gasteiger partial charge in [-0.05, 0) is 27.7 Å². The largest absolute Gasteiger partial charge is 0.371 e. The molecule has 1 aliphatic heterocycles. The third kappa shape index (κ3) is 2.74. The highest BCUT2D eigenvalue weighted by atomic mass is 32.2. The van der Waals surface area contributed by atoms with Crippen LogP contribution in [0.3, 0.4) is 0 Å². The molecule has 0 aliphatic carbocycles. The van der Waals surface area contributed by atoms with E-state index in [4.69, 9.17) is 10.5 Å².